The van der Waals surface area contributed by atoms with E-state index >= 15 is 0 Å². The van der Waals surface area contributed by atoms with Crippen LogP contribution in [0, 0.1) is 0 Å². The first-order valence-electron chi connectivity index (χ1n) is 6.68. The van der Waals surface area contributed by atoms with Gasteiger partial charge in [-0.3, -0.25) is 0 Å². The summed E-state index contributed by atoms with van der Waals surface area (Å²) in [5, 5.41) is 3.31. The van der Waals surface area contributed by atoms with Gasteiger partial charge in [-0.2, -0.15) is 0 Å². The second-order valence-corrected chi connectivity index (χ2v) is 9.79. The van der Waals surface area contributed by atoms with Crippen molar-refractivity contribution in [1.82, 2.24) is 10.0 Å². The molecule has 6 heteroatoms. The van der Waals surface area contributed by atoms with Gasteiger partial charge in [0.1, 0.15) is 0 Å². The van der Waals surface area contributed by atoms with Crippen molar-refractivity contribution in [2.24, 2.45) is 0 Å². The Kier molecular flexibility index (Phi) is 5.40. The molecule has 116 valence electrons. The molecular weight excluding hydrogens is 292 g/mol. The summed E-state index contributed by atoms with van der Waals surface area (Å²) >= 11 is 1.80. The maximum Gasteiger partial charge on any atom is 0.209 e. The monoisotopic (exact) mass is 318 g/mol. The minimum atomic E-state index is -3.18. The largest absolute Gasteiger partial charge is 0.310 e. The fraction of sp³-hybridized carbons (Fsp3) is 0.714. The predicted molar refractivity (Wildman–Crippen MR) is 86.8 cm³/mol. The van der Waals surface area contributed by atoms with Crippen molar-refractivity contribution in [3.05, 3.63) is 21.9 Å². The van der Waals surface area contributed by atoms with Gasteiger partial charge in [0.2, 0.25) is 10.0 Å². The standard InChI is InChI=1S/C14H26N2O2S2/c1-13(2,3)12-8-7-11(19-12)9-15-10-14(4,5)16-20(6,17)18/h7-8,15-16H,9-10H2,1-6H3. The molecule has 0 radical (unpaired) electrons. The molecule has 2 N–H and O–H groups in total. The summed E-state index contributed by atoms with van der Waals surface area (Å²) < 4.78 is 25.1. The Morgan fingerprint density at radius 2 is 1.75 bits per heavy atom. The van der Waals surface area contributed by atoms with Gasteiger partial charge >= 0.3 is 0 Å². The molecular formula is C14H26N2O2S2. The molecule has 0 aliphatic rings. The SMILES string of the molecule is CC(C)(CNCc1ccc(C(C)(C)C)s1)NS(C)(=O)=O. The molecule has 0 aromatic carbocycles. The van der Waals surface area contributed by atoms with Gasteiger partial charge in [0.05, 0.1) is 6.26 Å². The zero-order valence-electron chi connectivity index (χ0n) is 13.2. The van der Waals surface area contributed by atoms with E-state index in [1.54, 1.807) is 11.3 Å². The van der Waals surface area contributed by atoms with Crippen LogP contribution in [0.3, 0.4) is 0 Å². The highest BCUT2D eigenvalue weighted by Crippen LogP contribution is 2.29. The van der Waals surface area contributed by atoms with Crippen LogP contribution in [0.5, 0.6) is 0 Å². The predicted octanol–water partition coefficient (Wildman–Crippen LogP) is 2.46. The van der Waals surface area contributed by atoms with Crippen LogP contribution in [0.25, 0.3) is 0 Å². The Morgan fingerprint density at radius 3 is 2.20 bits per heavy atom. The molecule has 0 bridgehead atoms. The van der Waals surface area contributed by atoms with Crippen molar-refractivity contribution >= 4 is 21.4 Å². The Hall–Kier alpha value is -0.430. The molecule has 0 aliphatic heterocycles. The van der Waals surface area contributed by atoms with E-state index in [1.165, 1.54) is 16.0 Å². The second-order valence-electron chi connectivity index (χ2n) is 6.88. The van der Waals surface area contributed by atoms with Gasteiger partial charge in [0.15, 0.2) is 0 Å². The molecule has 1 heterocycles. The van der Waals surface area contributed by atoms with Crippen molar-refractivity contribution in [3.63, 3.8) is 0 Å². The number of hydrogen-bond acceptors (Lipinski definition) is 4. The van der Waals surface area contributed by atoms with Gasteiger partial charge in [-0.05, 0) is 31.4 Å². The maximum absolute atomic E-state index is 11.3. The first kappa shape index (κ1) is 17.6. The summed E-state index contributed by atoms with van der Waals surface area (Å²) in [5.74, 6) is 0. The summed E-state index contributed by atoms with van der Waals surface area (Å²) in [6.45, 7) is 11.7. The molecule has 1 aromatic rings. The van der Waals surface area contributed by atoms with Crippen molar-refractivity contribution < 1.29 is 8.42 Å². The van der Waals surface area contributed by atoms with Crippen LogP contribution in [-0.2, 0) is 22.0 Å². The molecule has 0 spiro atoms. The molecule has 0 saturated carbocycles. The molecule has 1 rings (SSSR count). The van der Waals surface area contributed by atoms with E-state index in [2.05, 4.69) is 42.9 Å². The lowest BCUT2D eigenvalue weighted by atomic mass is 9.95. The zero-order valence-corrected chi connectivity index (χ0v) is 14.8. The molecule has 0 unspecified atom stereocenters. The number of sulfonamides is 1. The van der Waals surface area contributed by atoms with Crippen molar-refractivity contribution in [2.75, 3.05) is 12.8 Å². The van der Waals surface area contributed by atoms with E-state index in [0.29, 0.717) is 6.54 Å². The lowest BCUT2D eigenvalue weighted by Gasteiger charge is -2.25. The molecule has 0 atom stereocenters. The van der Waals surface area contributed by atoms with E-state index < -0.39 is 15.6 Å². The first-order chi connectivity index (χ1) is 8.89. The summed E-state index contributed by atoms with van der Waals surface area (Å²) in [4.78, 5) is 2.63. The van der Waals surface area contributed by atoms with Crippen LogP contribution in [0.15, 0.2) is 12.1 Å². The van der Waals surface area contributed by atoms with Crippen LogP contribution >= 0.6 is 11.3 Å². The Labute approximate surface area is 127 Å². The average molecular weight is 319 g/mol. The van der Waals surface area contributed by atoms with Gasteiger partial charge in [0, 0.05) is 28.4 Å². The van der Waals surface area contributed by atoms with Crippen molar-refractivity contribution in [1.29, 1.82) is 0 Å². The van der Waals surface area contributed by atoms with Gasteiger partial charge in [0.25, 0.3) is 0 Å². The molecule has 0 aliphatic carbocycles. The normalized spacial score (nSPS) is 13.7. The van der Waals surface area contributed by atoms with Crippen molar-refractivity contribution in [3.8, 4) is 0 Å². The van der Waals surface area contributed by atoms with E-state index in [4.69, 9.17) is 0 Å². The smallest absolute Gasteiger partial charge is 0.209 e. The van der Waals surface area contributed by atoms with Gasteiger partial charge in [-0.1, -0.05) is 20.8 Å². The minimum absolute atomic E-state index is 0.181. The minimum Gasteiger partial charge on any atom is -0.310 e. The van der Waals surface area contributed by atoms with Gasteiger partial charge in [-0.15, -0.1) is 11.3 Å². The Balaban J connectivity index is 2.51. The summed E-state index contributed by atoms with van der Waals surface area (Å²) in [6.07, 6.45) is 1.18. The van der Waals surface area contributed by atoms with Crippen LogP contribution in [0.2, 0.25) is 0 Å². The topological polar surface area (TPSA) is 58.2 Å². The first-order valence-corrected chi connectivity index (χ1v) is 9.39. The molecule has 4 nitrogen and oxygen atoms in total. The third kappa shape index (κ3) is 6.35. The summed E-state index contributed by atoms with van der Waals surface area (Å²) in [7, 11) is -3.18. The Bertz CT molecular complexity index is 540. The van der Waals surface area contributed by atoms with Gasteiger partial charge < -0.3 is 5.32 Å². The average Bonchev–Trinajstić information content (AvgIpc) is 2.60. The van der Waals surface area contributed by atoms with E-state index in [-0.39, 0.29) is 5.41 Å². The number of rotatable bonds is 6. The number of nitrogens with one attached hydrogen (secondary N) is 2. The van der Waals surface area contributed by atoms with Crippen LogP contribution in [0.4, 0.5) is 0 Å². The van der Waals surface area contributed by atoms with Crippen molar-refractivity contribution in [2.45, 2.75) is 52.1 Å². The summed E-state index contributed by atoms with van der Waals surface area (Å²) in [5.41, 5.74) is -0.308. The lowest BCUT2D eigenvalue weighted by molar-refractivity contribution is 0.422. The van der Waals surface area contributed by atoms with E-state index in [0.717, 1.165) is 6.54 Å². The lowest BCUT2D eigenvalue weighted by Crippen LogP contribution is -2.49. The molecule has 0 fully saturated rings. The highest BCUT2D eigenvalue weighted by atomic mass is 32.2. The third-order valence-electron chi connectivity index (χ3n) is 2.73. The van der Waals surface area contributed by atoms with Crippen LogP contribution in [0.1, 0.15) is 44.4 Å². The van der Waals surface area contributed by atoms with E-state index in [1.807, 2.05) is 13.8 Å². The Morgan fingerprint density at radius 1 is 1.15 bits per heavy atom. The summed E-state index contributed by atoms with van der Waals surface area (Å²) in [6, 6.07) is 4.30. The molecule has 20 heavy (non-hydrogen) atoms. The van der Waals surface area contributed by atoms with Crippen LogP contribution < -0.4 is 10.0 Å². The zero-order chi connectivity index (χ0) is 15.6. The second kappa shape index (κ2) is 6.13. The maximum atomic E-state index is 11.3. The number of thiophene rings is 1. The fourth-order valence-electron chi connectivity index (χ4n) is 1.91. The molecule has 1 aromatic heterocycles. The molecule has 0 saturated heterocycles. The number of hydrogen-bond donors (Lipinski definition) is 2. The van der Waals surface area contributed by atoms with Gasteiger partial charge in [-0.25, -0.2) is 13.1 Å². The highest BCUT2D eigenvalue weighted by Gasteiger charge is 2.21. The molecule has 0 amide bonds. The van der Waals surface area contributed by atoms with Crippen LogP contribution in [-0.4, -0.2) is 26.8 Å². The highest BCUT2D eigenvalue weighted by molar-refractivity contribution is 7.88. The third-order valence-corrected chi connectivity index (χ3v) is 5.16. The quantitative estimate of drug-likeness (QED) is 0.847. The van der Waals surface area contributed by atoms with E-state index in [9.17, 15) is 8.42 Å². The fourth-order valence-corrected chi connectivity index (χ4v) is 4.02.